The highest BCUT2D eigenvalue weighted by Gasteiger charge is 2.68. The lowest BCUT2D eigenvalue weighted by Gasteiger charge is -2.33. The Morgan fingerprint density at radius 2 is 1.56 bits per heavy atom. The van der Waals surface area contributed by atoms with Crippen LogP contribution >= 0.6 is 0 Å². The number of carbonyl (C=O) groups is 2. The van der Waals surface area contributed by atoms with Crippen LogP contribution in [0.1, 0.15) is 6.42 Å². The summed E-state index contributed by atoms with van der Waals surface area (Å²) in [4.78, 5) is 23.5. The first-order valence-corrected chi connectivity index (χ1v) is 9.36. The first-order chi connectivity index (χ1) is 14.4. The molecule has 1 unspecified atom stereocenters. The molecule has 0 heterocycles. The number of benzene rings is 1. The SMILES string of the molecule is C=CC(=O)OC(OCCC(F)(F)C(F)(F)S(=O)(=O)[O-])(C(=O)Oc1ccccc1)C(F)(F)F. The van der Waals surface area contributed by atoms with Gasteiger partial charge in [-0.3, -0.25) is 0 Å². The number of alkyl halides is 7. The third kappa shape index (κ3) is 5.74. The van der Waals surface area contributed by atoms with Gasteiger partial charge in [-0.15, -0.1) is 0 Å². The zero-order chi connectivity index (χ0) is 25.0. The van der Waals surface area contributed by atoms with Gasteiger partial charge < -0.3 is 18.8 Å². The Labute approximate surface area is 175 Å². The number of rotatable bonds is 10. The standard InChI is InChI=1S/C16H13F7O8S/c1-2-11(24)31-14(15(19,20)21,12(25)30-10-6-4-3-5-7-10)29-9-8-13(17,18)16(22,23)32(26,27)28/h2-7H,1,8-9H2,(H,26,27,28)/p-1. The summed E-state index contributed by atoms with van der Waals surface area (Å²) in [7, 11) is -6.94. The van der Waals surface area contributed by atoms with E-state index in [1.807, 2.05) is 0 Å². The lowest BCUT2D eigenvalue weighted by Crippen LogP contribution is -2.59. The first kappa shape index (κ1) is 27.3. The normalized spacial score (nSPS) is 14.9. The van der Waals surface area contributed by atoms with Crippen molar-refractivity contribution in [1.29, 1.82) is 0 Å². The fourth-order valence-electron chi connectivity index (χ4n) is 1.88. The van der Waals surface area contributed by atoms with Crippen LogP contribution in [-0.4, -0.2) is 54.7 Å². The largest absolute Gasteiger partial charge is 0.743 e. The van der Waals surface area contributed by atoms with E-state index in [4.69, 9.17) is 0 Å². The van der Waals surface area contributed by atoms with Gasteiger partial charge in [0, 0.05) is 12.5 Å². The third-order valence-corrected chi connectivity index (χ3v) is 4.39. The van der Waals surface area contributed by atoms with Crippen LogP contribution in [-0.2, 0) is 29.2 Å². The average molecular weight is 497 g/mol. The molecule has 0 bridgehead atoms. The van der Waals surface area contributed by atoms with Crippen LogP contribution in [0.4, 0.5) is 30.7 Å². The molecule has 0 saturated carbocycles. The maximum absolute atomic E-state index is 13.6. The molecule has 0 N–H and O–H groups in total. The molecule has 1 aromatic rings. The van der Waals surface area contributed by atoms with E-state index in [-0.39, 0.29) is 6.08 Å². The van der Waals surface area contributed by atoms with Crippen molar-refractivity contribution in [1.82, 2.24) is 0 Å². The second-order valence-electron chi connectivity index (χ2n) is 5.72. The van der Waals surface area contributed by atoms with Crippen LogP contribution in [0, 0.1) is 0 Å². The smallest absolute Gasteiger partial charge is 0.468 e. The molecule has 0 saturated heterocycles. The minimum Gasteiger partial charge on any atom is -0.743 e. The highest BCUT2D eigenvalue weighted by molar-refractivity contribution is 7.86. The van der Waals surface area contributed by atoms with E-state index >= 15 is 0 Å². The molecule has 0 aliphatic heterocycles. The van der Waals surface area contributed by atoms with Crippen LogP contribution < -0.4 is 4.74 Å². The Bertz CT molecular complexity index is 947. The van der Waals surface area contributed by atoms with E-state index in [0.29, 0.717) is 0 Å². The van der Waals surface area contributed by atoms with Crippen molar-refractivity contribution in [3.05, 3.63) is 43.0 Å². The molecule has 0 aliphatic carbocycles. The van der Waals surface area contributed by atoms with Gasteiger partial charge in [-0.25, -0.2) is 18.0 Å². The molecule has 180 valence electrons. The van der Waals surface area contributed by atoms with E-state index in [2.05, 4.69) is 20.8 Å². The van der Waals surface area contributed by atoms with Crippen LogP contribution in [0.15, 0.2) is 43.0 Å². The number of para-hydroxylation sites is 1. The fourth-order valence-corrected chi connectivity index (χ4v) is 2.35. The van der Waals surface area contributed by atoms with Crippen LogP contribution in [0.3, 0.4) is 0 Å². The Morgan fingerprint density at radius 1 is 1.03 bits per heavy atom. The van der Waals surface area contributed by atoms with Crippen LogP contribution in [0.25, 0.3) is 0 Å². The molecule has 1 atom stereocenters. The second-order valence-corrected chi connectivity index (χ2v) is 7.14. The quantitative estimate of drug-likeness (QED) is 0.121. The summed E-state index contributed by atoms with van der Waals surface area (Å²) in [5.41, 5.74) is 0. The van der Waals surface area contributed by atoms with Crippen molar-refractivity contribution in [2.24, 2.45) is 0 Å². The summed E-state index contributed by atoms with van der Waals surface area (Å²) in [6, 6.07) is 5.74. The van der Waals surface area contributed by atoms with E-state index in [1.54, 1.807) is 0 Å². The molecule has 8 nitrogen and oxygen atoms in total. The predicted octanol–water partition coefficient (Wildman–Crippen LogP) is 2.76. The van der Waals surface area contributed by atoms with Gasteiger partial charge in [0.25, 0.3) is 0 Å². The van der Waals surface area contributed by atoms with Gasteiger partial charge in [-0.05, 0) is 12.1 Å². The number of hydrogen-bond donors (Lipinski definition) is 0. The van der Waals surface area contributed by atoms with Crippen molar-refractivity contribution in [2.45, 2.75) is 29.6 Å². The summed E-state index contributed by atoms with van der Waals surface area (Å²) in [6.45, 7) is 0.632. The minimum atomic E-state index is -6.94. The van der Waals surface area contributed by atoms with E-state index < -0.39 is 64.0 Å². The molecule has 1 rings (SSSR count). The van der Waals surface area contributed by atoms with Crippen molar-refractivity contribution in [2.75, 3.05) is 6.61 Å². The fraction of sp³-hybridized carbons (Fsp3) is 0.375. The van der Waals surface area contributed by atoms with Crippen molar-refractivity contribution in [3.8, 4) is 5.75 Å². The predicted molar refractivity (Wildman–Crippen MR) is 87.3 cm³/mol. The Morgan fingerprint density at radius 3 is 2.00 bits per heavy atom. The Kier molecular flexibility index (Phi) is 8.04. The molecule has 0 spiro atoms. The molecule has 0 radical (unpaired) electrons. The van der Waals surface area contributed by atoms with E-state index in [0.717, 1.165) is 12.1 Å². The topological polar surface area (TPSA) is 119 Å². The van der Waals surface area contributed by atoms with Gasteiger partial charge in [0.15, 0.2) is 10.1 Å². The van der Waals surface area contributed by atoms with Gasteiger partial charge in [0.05, 0.1) is 6.61 Å². The van der Waals surface area contributed by atoms with E-state index in [1.165, 1.54) is 18.2 Å². The number of esters is 2. The van der Waals surface area contributed by atoms with Crippen molar-refractivity contribution in [3.63, 3.8) is 0 Å². The molecule has 0 fully saturated rings. The number of ether oxygens (including phenoxy) is 3. The lowest BCUT2D eigenvalue weighted by atomic mass is 10.2. The zero-order valence-electron chi connectivity index (χ0n) is 15.4. The molecule has 1 aromatic carbocycles. The van der Waals surface area contributed by atoms with Gasteiger partial charge in [0.1, 0.15) is 5.75 Å². The Hall–Kier alpha value is -2.72. The van der Waals surface area contributed by atoms with Crippen LogP contribution in [0.5, 0.6) is 5.75 Å². The number of hydrogen-bond acceptors (Lipinski definition) is 8. The lowest BCUT2D eigenvalue weighted by molar-refractivity contribution is -0.354. The summed E-state index contributed by atoms with van der Waals surface area (Å²) in [5, 5.41) is -6.23. The second kappa shape index (κ2) is 9.41. The summed E-state index contributed by atoms with van der Waals surface area (Å²) in [5.74, 6) is -15.5. The molecule has 0 aliphatic rings. The van der Waals surface area contributed by atoms with E-state index in [9.17, 15) is 53.3 Å². The van der Waals surface area contributed by atoms with Gasteiger partial charge in [-0.2, -0.15) is 30.7 Å². The summed E-state index contributed by atoms with van der Waals surface area (Å²) >= 11 is 0. The zero-order valence-corrected chi connectivity index (χ0v) is 16.2. The highest BCUT2D eigenvalue weighted by Crippen LogP contribution is 2.42. The molecule has 0 amide bonds. The highest BCUT2D eigenvalue weighted by atomic mass is 32.2. The molecule has 16 heteroatoms. The first-order valence-electron chi connectivity index (χ1n) is 7.96. The molecule has 32 heavy (non-hydrogen) atoms. The maximum Gasteiger partial charge on any atom is 0.468 e. The minimum absolute atomic E-state index is 0.131. The summed E-state index contributed by atoms with van der Waals surface area (Å²) in [6.07, 6.45) is -8.39. The van der Waals surface area contributed by atoms with Gasteiger partial charge in [0.2, 0.25) is 0 Å². The van der Waals surface area contributed by atoms with Crippen molar-refractivity contribution < 1.29 is 67.5 Å². The molecule has 0 aromatic heterocycles. The van der Waals surface area contributed by atoms with Gasteiger partial charge >= 0.3 is 35.1 Å². The summed E-state index contributed by atoms with van der Waals surface area (Å²) < 4.78 is 138. The molecular formula is C16H12F7O8S-. The Balaban J connectivity index is 3.29. The average Bonchev–Trinajstić information content (AvgIpc) is 2.65. The number of halogens is 7. The maximum atomic E-state index is 13.6. The third-order valence-electron chi connectivity index (χ3n) is 3.47. The van der Waals surface area contributed by atoms with Crippen molar-refractivity contribution >= 4 is 22.1 Å². The molecular weight excluding hydrogens is 485 g/mol. The van der Waals surface area contributed by atoms with Crippen LogP contribution in [0.2, 0.25) is 0 Å². The monoisotopic (exact) mass is 497 g/mol. The number of carbonyl (C=O) groups excluding carboxylic acids is 2. The van der Waals surface area contributed by atoms with Gasteiger partial charge in [-0.1, -0.05) is 24.8 Å².